The summed E-state index contributed by atoms with van der Waals surface area (Å²) in [5.74, 6) is 1.24. The number of thioether (sulfide) groups is 1. The summed E-state index contributed by atoms with van der Waals surface area (Å²) in [5, 5.41) is 21.1. The summed E-state index contributed by atoms with van der Waals surface area (Å²) >= 11 is 1.58. The van der Waals surface area contributed by atoms with Gasteiger partial charge >= 0.3 is 0 Å². The highest BCUT2D eigenvalue weighted by molar-refractivity contribution is 7.98. The maximum atomic E-state index is 12.0. The molecule has 2 heterocycles. The SMILES string of the molecule is O=C(NCCO)c1ccc(CSc2nnc(-c3ccncc3)n2-c2ccccc2)cc1. The van der Waals surface area contributed by atoms with Crippen LogP contribution >= 0.6 is 11.8 Å². The summed E-state index contributed by atoms with van der Waals surface area (Å²) in [5.41, 5.74) is 3.56. The fourth-order valence-electron chi connectivity index (χ4n) is 3.03. The van der Waals surface area contributed by atoms with Gasteiger partial charge in [0.15, 0.2) is 11.0 Å². The van der Waals surface area contributed by atoms with Crippen molar-refractivity contribution < 1.29 is 9.90 Å². The lowest BCUT2D eigenvalue weighted by Gasteiger charge is -2.10. The summed E-state index contributed by atoms with van der Waals surface area (Å²) in [6, 6.07) is 21.3. The van der Waals surface area contributed by atoms with Gasteiger partial charge in [-0.1, -0.05) is 42.1 Å². The molecule has 0 spiro atoms. The smallest absolute Gasteiger partial charge is 0.251 e. The predicted molar refractivity (Wildman–Crippen MR) is 120 cm³/mol. The fraction of sp³-hybridized carbons (Fsp3) is 0.130. The highest BCUT2D eigenvalue weighted by Gasteiger charge is 2.16. The van der Waals surface area contributed by atoms with Gasteiger partial charge in [0.1, 0.15) is 0 Å². The van der Waals surface area contributed by atoms with Gasteiger partial charge < -0.3 is 10.4 Å². The normalized spacial score (nSPS) is 10.7. The number of pyridine rings is 1. The number of carbonyl (C=O) groups is 1. The van der Waals surface area contributed by atoms with Crippen LogP contribution in [-0.4, -0.2) is 43.9 Å². The average Bonchev–Trinajstić information content (AvgIpc) is 3.26. The standard InChI is InChI=1S/C23H21N5O2S/c29-15-14-25-22(30)19-8-6-17(7-9-19)16-31-23-27-26-21(18-10-12-24-13-11-18)28(23)20-4-2-1-3-5-20/h1-13,29H,14-16H2,(H,25,30). The van der Waals surface area contributed by atoms with E-state index in [-0.39, 0.29) is 19.1 Å². The van der Waals surface area contributed by atoms with E-state index < -0.39 is 0 Å². The molecule has 4 rings (SSSR count). The lowest BCUT2D eigenvalue weighted by molar-refractivity contribution is 0.0945. The number of hydrogen-bond donors (Lipinski definition) is 2. The van der Waals surface area contributed by atoms with Crippen LogP contribution in [-0.2, 0) is 5.75 Å². The molecule has 2 N–H and O–H groups in total. The van der Waals surface area contributed by atoms with Gasteiger partial charge in [0.25, 0.3) is 5.91 Å². The van der Waals surface area contributed by atoms with Crippen LogP contribution in [0.1, 0.15) is 15.9 Å². The van der Waals surface area contributed by atoms with Gasteiger partial charge in [-0.15, -0.1) is 10.2 Å². The molecule has 8 heteroatoms. The van der Waals surface area contributed by atoms with E-state index in [1.807, 2.05) is 59.2 Å². The van der Waals surface area contributed by atoms with Crippen LogP contribution in [0.3, 0.4) is 0 Å². The first-order valence-corrected chi connectivity index (χ1v) is 10.8. The first kappa shape index (κ1) is 20.8. The van der Waals surface area contributed by atoms with Gasteiger partial charge in [-0.05, 0) is 42.0 Å². The zero-order valence-corrected chi connectivity index (χ0v) is 17.5. The Morgan fingerprint density at radius 1 is 0.968 bits per heavy atom. The molecule has 2 aromatic heterocycles. The van der Waals surface area contributed by atoms with E-state index in [9.17, 15) is 4.79 Å². The average molecular weight is 432 g/mol. The second-order valence-electron chi connectivity index (χ2n) is 6.68. The summed E-state index contributed by atoms with van der Waals surface area (Å²) in [6.07, 6.45) is 3.48. The van der Waals surface area contributed by atoms with Crippen LogP contribution in [0.25, 0.3) is 17.1 Å². The zero-order chi connectivity index (χ0) is 21.5. The number of amides is 1. The first-order chi connectivity index (χ1) is 15.3. The number of carbonyl (C=O) groups excluding carboxylic acids is 1. The Morgan fingerprint density at radius 3 is 2.42 bits per heavy atom. The van der Waals surface area contributed by atoms with Gasteiger partial charge in [0.05, 0.1) is 6.61 Å². The van der Waals surface area contributed by atoms with Gasteiger partial charge in [0.2, 0.25) is 0 Å². The molecule has 0 atom stereocenters. The molecule has 2 aromatic carbocycles. The van der Waals surface area contributed by atoms with Crippen LogP contribution in [0.15, 0.2) is 84.3 Å². The second-order valence-corrected chi connectivity index (χ2v) is 7.62. The van der Waals surface area contributed by atoms with E-state index in [1.54, 1.807) is 36.3 Å². The van der Waals surface area contributed by atoms with Crippen LogP contribution in [0.4, 0.5) is 0 Å². The number of aliphatic hydroxyl groups excluding tert-OH is 1. The van der Waals surface area contributed by atoms with E-state index in [0.717, 1.165) is 27.8 Å². The summed E-state index contributed by atoms with van der Waals surface area (Å²) in [4.78, 5) is 16.1. The van der Waals surface area contributed by atoms with Gasteiger partial charge in [-0.2, -0.15) is 0 Å². The number of nitrogens with zero attached hydrogens (tertiary/aromatic N) is 4. The lowest BCUT2D eigenvalue weighted by atomic mass is 10.1. The molecule has 0 aliphatic rings. The number of rotatable bonds is 8. The number of benzene rings is 2. The minimum Gasteiger partial charge on any atom is -0.395 e. The maximum absolute atomic E-state index is 12.0. The van der Waals surface area contributed by atoms with Crippen molar-refractivity contribution in [2.24, 2.45) is 0 Å². The third-order valence-corrected chi connectivity index (χ3v) is 5.57. The Kier molecular flexibility index (Phi) is 6.71. The summed E-state index contributed by atoms with van der Waals surface area (Å²) < 4.78 is 2.04. The van der Waals surface area contributed by atoms with Crippen molar-refractivity contribution in [3.63, 3.8) is 0 Å². The van der Waals surface area contributed by atoms with Crippen molar-refractivity contribution in [3.05, 3.63) is 90.3 Å². The van der Waals surface area contributed by atoms with Crippen molar-refractivity contribution in [3.8, 4) is 17.1 Å². The molecule has 0 unspecified atom stereocenters. The van der Waals surface area contributed by atoms with Crippen LogP contribution < -0.4 is 5.32 Å². The van der Waals surface area contributed by atoms with E-state index >= 15 is 0 Å². The third kappa shape index (κ3) is 4.99. The Bertz CT molecular complexity index is 1130. The number of para-hydroxylation sites is 1. The molecule has 0 bridgehead atoms. The topological polar surface area (TPSA) is 92.9 Å². The predicted octanol–water partition coefficient (Wildman–Crippen LogP) is 3.34. The van der Waals surface area contributed by atoms with Crippen LogP contribution in [0.5, 0.6) is 0 Å². The molecule has 156 valence electrons. The number of hydrogen-bond acceptors (Lipinski definition) is 6. The van der Waals surface area contributed by atoms with Gasteiger partial charge in [-0.25, -0.2) is 0 Å². The molecule has 0 fully saturated rings. The molecule has 7 nitrogen and oxygen atoms in total. The van der Waals surface area contributed by atoms with E-state index in [2.05, 4.69) is 20.5 Å². The Morgan fingerprint density at radius 2 is 1.71 bits per heavy atom. The second kappa shape index (κ2) is 10.0. The molecular formula is C23H21N5O2S. The number of nitrogens with one attached hydrogen (secondary N) is 1. The quantitative estimate of drug-likeness (QED) is 0.416. The minimum atomic E-state index is -0.195. The third-order valence-electron chi connectivity index (χ3n) is 4.57. The van der Waals surface area contributed by atoms with Gasteiger partial charge in [-0.3, -0.25) is 14.3 Å². The molecular weight excluding hydrogens is 410 g/mol. The fourth-order valence-corrected chi connectivity index (χ4v) is 3.94. The van der Waals surface area contributed by atoms with Crippen LogP contribution in [0.2, 0.25) is 0 Å². The van der Waals surface area contributed by atoms with Gasteiger partial charge in [0, 0.05) is 41.5 Å². The molecule has 0 aliphatic heterocycles. The van der Waals surface area contributed by atoms with Crippen LogP contribution in [0, 0.1) is 0 Å². The van der Waals surface area contributed by atoms with Crippen molar-refractivity contribution >= 4 is 17.7 Å². The van der Waals surface area contributed by atoms with E-state index in [4.69, 9.17) is 5.11 Å². The molecule has 31 heavy (non-hydrogen) atoms. The van der Waals surface area contributed by atoms with Crippen molar-refractivity contribution in [2.45, 2.75) is 10.9 Å². The largest absolute Gasteiger partial charge is 0.395 e. The zero-order valence-electron chi connectivity index (χ0n) is 16.7. The van der Waals surface area contributed by atoms with Crippen molar-refractivity contribution in [2.75, 3.05) is 13.2 Å². The molecule has 0 radical (unpaired) electrons. The van der Waals surface area contributed by atoms with Crippen molar-refractivity contribution in [1.82, 2.24) is 25.1 Å². The Hall–Kier alpha value is -3.49. The Labute approximate surface area is 184 Å². The van der Waals surface area contributed by atoms with E-state index in [1.165, 1.54) is 0 Å². The highest BCUT2D eigenvalue weighted by Crippen LogP contribution is 2.29. The number of aliphatic hydroxyl groups is 1. The lowest BCUT2D eigenvalue weighted by Crippen LogP contribution is -2.26. The molecule has 0 aliphatic carbocycles. The summed E-state index contributed by atoms with van der Waals surface area (Å²) in [6.45, 7) is 0.162. The minimum absolute atomic E-state index is 0.0793. The summed E-state index contributed by atoms with van der Waals surface area (Å²) in [7, 11) is 0. The monoisotopic (exact) mass is 431 g/mol. The molecule has 4 aromatic rings. The Balaban J connectivity index is 1.55. The highest BCUT2D eigenvalue weighted by atomic mass is 32.2. The number of aromatic nitrogens is 4. The molecule has 0 saturated carbocycles. The maximum Gasteiger partial charge on any atom is 0.251 e. The molecule has 1 amide bonds. The first-order valence-electron chi connectivity index (χ1n) is 9.78. The van der Waals surface area contributed by atoms with E-state index in [0.29, 0.717) is 11.3 Å². The van der Waals surface area contributed by atoms with Crippen molar-refractivity contribution in [1.29, 1.82) is 0 Å². The molecule has 0 saturated heterocycles.